The Hall–Kier alpha value is -0.0400. The molecule has 0 aliphatic heterocycles. The van der Waals surface area contributed by atoms with Gasteiger partial charge in [0.15, 0.2) is 0 Å². The van der Waals surface area contributed by atoms with E-state index in [0.717, 1.165) is 12.3 Å². The molecule has 0 aliphatic carbocycles. The first-order valence-corrected chi connectivity index (χ1v) is 5.46. The number of aliphatic hydroxyl groups is 1. The molecule has 1 atom stereocenters. The van der Waals surface area contributed by atoms with Gasteiger partial charge in [-0.15, -0.1) is 0 Å². The summed E-state index contributed by atoms with van der Waals surface area (Å²) < 4.78 is 0. The van der Waals surface area contributed by atoms with E-state index in [1.807, 2.05) is 0 Å². The summed E-state index contributed by atoms with van der Waals surface area (Å²) >= 11 is 0. The predicted octanol–water partition coefficient (Wildman–Crippen LogP) is 3.37. The van der Waals surface area contributed by atoms with Crippen LogP contribution in [0.1, 0.15) is 58.8 Å². The third kappa shape index (κ3) is 6.66. The van der Waals surface area contributed by atoms with E-state index < -0.39 is 0 Å². The maximum absolute atomic E-state index is 8.71. The first kappa shape index (κ1) is 12.0. The van der Waals surface area contributed by atoms with E-state index in [9.17, 15) is 0 Å². The minimum atomic E-state index is 0.367. The highest BCUT2D eigenvalue weighted by Gasteiger charge is 2.05. The molecule has 0 radical (unpaired) electrons. The van der Waals surface area contributed by atoms with Gasteiger partial charge in [0.1, 0.15) is 0 Å². The number of hydrogen-bond donors (Lipinski definition) is 1. The Morgan fingerprint density at radius 3 is 2.08 bits per heavy atom. The van der Waals surface area contributed by atoms with Crippen LogP contribution in [-0.4, -0.2) is 11.7 Å². The summed E-state index contributed by atoms with van der Waals surface area (Å²) in [5, 5.41) is 8.71. The van der Waals surface area contributed by atoms with E-state index in [-0.39, 0.29) is 0 Å². The van der Waals surface area contributed by atoms with Crippen molar-refractivity contribution < 1.29 is 5.11 Å². The molecule has 0 fully saturated rings. The Bertz CT molecular complexity index is 73.1. The lowest BCUT2D eigenvalue weighted by Crippen LogP contribution is -2.01. The highest BCUT2D eigenvalue weighted by atomic mass is 16.2. The molecule has 1 N–H and O–H groups in total. The zero-order valence-electron chi connectivity index (χ0n) is 8.68. The smallest absolute Gasteiger partial charge is 0.0431 e. The van der Waals surface area contributed by atoms with Crippen molar-refractivity contribution in [1.29, 1.82) is 0 Å². The van der Waals surface area contributed by atoms with Crippen LogP contribution in [-0.2, 0) is 0 Å². The van der Waals surface area contributed by atoms with E-state index in [1.165, 1.54) is 38.5 Å². The molecule has 0 amide bonds. The van der Waals surface area contributed by atoms with Crippen LogP contribution in [0.25, 0.3) is 0 Å². The van der Waals surface area contributed by atoms with E-state index in [0.29, 0.717) is 6.61 Å². The number of hydrogen-bond acceptors (Lipinski definition) is 1. The maximum atomic E-state index is 8.71. The highest BCUT2D eigenvalue weighted by Crippen LogP contribution is 2.19. The molecular formula is C11H24O. The van der Waals surface area contributed by atoms with Crippen LogP contribution in [0.15, 0.2) is 0 Å². The molecule has 0 saturated carbocycles. The molecule has 0 aromatic carbocycles. The first-order valence-electron chi connectivity index (χ1n) is 5.46. The Kier molecular flexibility index (Phi) is 9.02. The molecule has 1 unspecified atom stereocenters. The van der Waals surface area contributed by atoms with Gasteiger partial charge in [-0.2, -0.15) is 0 Å². The van der Waals surface area contributed by atoms with Crippen LogP contribution in [0, 0.1) is 5.92 Å². The standard InChI is InChI=1S/C11H24O/c1-3-5-8-11(7-4-2)9-6-10-12/h11-12H,3-10H2,1-2H3. The maximum Gasteiger partial charge on any atom is 0.0431 e. The van der Waals surface area contributed by atoms with Crippen LogP contribution < -0.4 is 0 Å². The van der Waals surface area contributed by atoms with Gasteiger partial charge in [0.25, 0.3) is 0 Å². The lowest BCUT2D eigenvalue weighted by atomic mass is 9.93. The van der Waals surface area contributed by atoms with Crippen molar-refractivity contribution in [2.24, 2.45) is 5.92 Å². The van der Waals surface area contributed by atoms with Crippen molar-refractivity contribution in [2.75, 3.05) is 6.61 Å². The van der Waals surface area contributed by atoms with Crippen LogP contribution >= 0.6 is 0 Å². The predicted molar refractivity (Wildman–Crippen MR) is 54.2 cm³/mol. The zero-order chi connectivity index (χ0) is 9.23. The molecule has 12 heavy (non-hydrogen) atoms. The average molecular weight is 172 g/mol. The van der Waals surface area contributed by atoms with Gasteiger partial charge in [0, 0.05) is 6.61 Å². The summed E-state index contributed by atoms with van der Waals surface area (Å²) in [7, 11) is 0. The quantitative estimate of drug-likeness (QED) is 0.595. The Morgan fingerprint density at radius 1 is 0.917 bits per heavy atom. The number of aliphatic hydroxyl groups excluding tert-OH is 1. The molecule has 1 nitrogen and oxygen atoms in total. The normalized spacial score (nSPS) is 13.2. The summed E-state index contributed by atoms with van der Waals surface area (Å²) in [6, 6.07) is 0. The lowest BCUT2D eigenvalue weighted by molar-refractivity contribution is 0.263. The molecule has 0 spiro atoms. The number of unbranched alkanes of at least 4 members (excludes halogenated alkanes) is 1. The fourth-order valence-electron chi connectivity index (χ4n) is 1.71. The summed E-state index contributed by atoms with van der Waals surface area (Å²) in [5.74, 6) is 0.877. The van der Waals surface area contributed by atoms with Gasteiger partial charge in [0.05, 0.1) is 0 Å². The van der Waals surface area contributed by atoms with Gasteiger partial charge in [0.2, 0.25) is 0 Å². The van der Waals surface area contributed by atoms with Crippen LogP contribution in [0.3, 0.4) is 0 Å². The van der Waals surface area contributed by atoms with Crippen molar-refractivity contribution in [3.63, 3.8) is 0 Å². The fraction of sp³-hybridized carbons (Fsp3) is 1.00. The fourth-order valence-corrected chi connectivity index (χ4v) is 1.71. The monoisotopic (exact) mass is 172 g/mol. The first-order chi connectivity index (χ1) is 5.85. The Morgan fingerprint density at radius 2 is 1.58 bits per heavy atom. The highest BCUT2D eigenvalue weighted by molar-refractivity contribution is 4.58. The van der Waals surface area contributed by atoms with Crippen molar-refractivity contribution in [2.45, 2.75) is 58.8 Å². The SMILES string of the molecule is CCCCC(CCC)CCCO. The van der Waals surface area contributed by atoms with E-state index in [2.05, 4.69) is 13.8 Å². The summed E-state index contributed by atoms with van der Waals surface area (Å²) in [4.78, 5) is 0. The number of rotatable bonds is 8. The second-order valence-electron chi connectivity index (χ2n) is 3.66. The topological polar surface area (TPSA) is 20.2 Å². The molecule has 74 valence electrons. The Labute approximate surface area is 77.2 Å². The average Bonchev–Trinajstić information content (AvgIpc) is 2.10. The minimum Gasteiger partial charge on any atom is -0.396 e. The van der Waals surface area contributed by atoms with E-state index in [4.69, 9.17) is 5.11 Å². The van der Waals surface area contributed by atoms with Crippen molar-refractivity contribution in [3.05, 3.63) is 0 Å². The van der Waals surface area contributed by atoms with Crippen LogP contribution in [0.5, 0.6) is 0 Å². The van der Waals surface area contributed by atoms with Gasteiger partial charge in [-0.25, -0.2) is 0 Å². The molecule has 0 saturated heterocycles. The van der Waals surface area contributed by atoms with Crippen molar-refractivity contribution >= 4 is 0 Å². The molecule has 1 heteroatoms. The van der Waals surface area contributed by atoms with Gasteiger partial charge in [-0.05, 0) is 18.8 Å². The van der Waals surface area contributed by atoms with Gasteiger partial charge < -0.3 is 5.11 Å². The van der Waals surface area contributed by atoms with Gasteiger partial charge in [-0.1, -0.05) is 46.0 Å². The summed E-state index contributed by atoms with van der Waals surface area (Å²) in [6.45, 7) is 4.86. The molecule has 0 heterocycles. The van der Waals surface area contributed by atoms with Gasteiger partial charge in [-0.3, -0.25) is 0 Å². The molecule has 0 aromatic rings. The van der Waals surface area contributed by atoms with E-state index in [1.54, 1.807) is 0 Å². The van der Waals surface area contributed by atoms with Crippen molar-refractivity contribution in [3.8, 4) is 0 Å². The van der Waals surface area contributed by atoms with E-state index >= 15 is 0 Å². The third-order valence-electron chi connectivity index (χ3n) is 2.43. The second kappa shape index (κ2) is 9.05. The van der Waals surface area contributed by atoms with Gasteiger partial charge >= 0.3 is 0 Å². The molecular weight excluding hydrogens is 148 g/mol. The second-order valence-corrected chi connectivity index (χ2v) is 3.66. The largest absolute Gasteiger partial charge is 0.396 e. The lowest BCUT2D eigenvalue weighted by Gasteiger charge is -2.14. The third-order valence-corrected chi connectivity index (χ3v) is 2.43. The van der Waals surface area contributed by atoms with Crippen LogP contribution in [0.2, 0.25) is 0 Å². The summed E-state index contributed by atoms with van der Waals surface area (Å²) in [6.07, 6.45) is 8.89. The molecule has 0 aromatic heterocycles. The minimum absolute atomic E-state index is 0.367. The zero-order valence-corrected chi connectivity index (χ0v) is 8.68. The molecule has 0 aliphatic rings. The van der Waals surface area contributed by atoms with Crippen molar-refractivity contribution in [1.82, 2.24) is 0 Å². The van der Waals surface area contributed by atoms with Crippen LogP contribution in [0.4, 0.5) is 0 Å². The summed E-state index contributed by atoms with van der Waals surface area (Å²) in [5.41, 5.74) is 0. The molecule has 0 rings (SSSR count). The molecule has 0 bridgehead atoms. The Balaban J connectivity index is 3.40.